The second-order valence-electron chi connectivity index (χ2n) is 5.00. The molecule has 0 saturated heterocycles. The van der Waals surface area contributed by atoms with Gasteiger partial charge in [-0.15, -0.1) is 0 Å². The normalized spacial score (nSPS) is 19.1. The summed E-state index contributed by atoms with van der Waals surface area (Å²) >= 11 is 0. The molecular formula is C15H19NO. The summed E-state index contributed by atoms with van der Waals surface area (Å²) < 4.78 is 5.75. The second kappa shape index (κ2) is 5.23. The Bertz CT molecular complexity index is 431. The third-order valence-electron chi connectivity index (χ3n) is 3.43. The van der Waals surface area contributed by atoms with E-state index < -0.39 is 0 Å². The first-order valence-corrected chi connectivity index (χ1v) is 6.36. The number of ether oxygens (including phenoxy) is 1. The lowest BCUT2D eigenvalue weighted by molar-refractivity contribution is 0.316. The molecule has 0 spiro atoms. The van der Waals surface area contributed by atoms with Gasteiger partial charge in [0.15, 0.2) is 0 Å². The monoisotopic (exact) mass is 229 g/mol. The maximum absolute atomic E-state index is 8.92. The number of hydrogen-bond donors (Lipinski definition) is 0. The Kier molecular flexibility index (Phi) is 3.68. The molecule has 2 nitrogen and oxygen atoms in total. The average Bonchev–Trinajstić information content (AvgIpc) is 2.52. The number of nitrogens with zero attached hydrogens (tertiary/aromatic N) is 1. The zero-order valence-corrected chi connectivity index (χ0v) is 10.6. The van der Waals surface area contributed by atoms with Crippen LogP contribution >= 0.6 is 0 Å². The van der Waals surface area contributed by atoms with Crippen LogP contribution in [0.2, 0.25) is 0 Å². The molecule has 0 aliphatic carbocycles. The average molecular weight is 229 g/mol. The van der Waals surface area contributed by atoms with E-state index in [4.69, 9.17) is 10.00 Å². The summed E-state index contributed by atoms with van der Waals surface area (Å²) in [6.45, 7) is 5.16. The molecule has 1 aliphatic heterocycles. The van der Waals surface area contributed by atoms with Crippen LogP contribution in [0.5, 0.6) is 5.75 Å². The predicted molar refractivity (Wildman–Crippen MR) is 68.2 cm³/mol. The van der Waals surface area contributed by atoms with Gasteiger partial charge in [0.05, 0.1) is 12.7 Å². The fourth-order valence-corrected chi connectivity index (χ4v) is 2.37. The van der Waals surface area contributed by atoms with Gasteiger partial charge in [0.25, 0.3) is 0 Å². The van der Waals surface area contributed by atoms with Crippen LogP contribution < -0.4 is 4.74 Å². The van der Waals surface area contributed by atoms with E-state index in [1.165, 1.54) is 11.1 Å². The molecule has 1 atom stereocenters. The molecule has 1 aliphatic rings. The molecule has 0 bridgehead atoms. The molecule has 1 aromatic rings. The summed E-state index contributed by atoms with van der Waals surface area (Å²) in [4.78, 5) is 0. The number of rotatable bonds is 2. The standard InChI is InChI=1S/C15H19NO/c1-11(2)13-5-6-15-14(10-13)12(7-8-16)4-3-9-17-15/h5-6,10-12H,3-4,7,9H2,1-2H3. The van der Waals surface area contributed by atoms with Crippen LogP contribution in [0.25, 0.3) is 0 Å². The van der Waals surface area contributed by atoms with Crippen LogP contribution in [-0.4, -0.2) is 6.61 Å². The van der Waals surface area contributed by atoms with Crippen LogP contribution in [-0.2, 0) is 0 Å². The van der Waals surface area contributed by atoms with E-state index in [2.05, 4.69) is 38.1 Å². The lowest BCUT2D eigenvalue weighted by Crippen LogP contribution is -1.99. The van der Waals surface area contributed by atoms with Crippen molar-refractivity contribution in [1.82, 2.24) is 0 Å². The Hall–Kier alpha value is -1.49. The maximum atomic E-state index is 8.92. The van der Waals surface area contributed by atoms with Crippen molar-refractivity contribution in [2.45, 2.75) is 44.9 Å². The lowest BCUT2D eigenvalue weighted by atomic mass is 9.89. The van der Waals surface area contributed by atoms with Crippen LogP contribution in [0, 0.1) is 11.3 Å². The minimum atomic E-state index is 0.344. The Morgan fingerprint density at radius 2 is 2.29 bits per heavy atom. The molecule has 0 amide bonds. The zero-order chi connectivity index (χ0) is 12.3. The highest BCUT2D eigenvalue weighted by atomic mass is 16.5. The van der Waals surface area contributed by atoms with Crippen LogP contribution in [0.15, 0.2) is 18.2 Å². The van der Waals surface area contributed by atoms with Gasteiger partial charge in [-0.05, 0) is 36.0 Å². The van der Waals surface area contributed by atoms with Crippen LogP contribution in [0.3, 0.4) is 0 Å². The number of fused-ring (bicyclic) bond motifs is 1. The summed E-state index contributed by atoms with van der Waals surface area (Å²) in [6, 6.07) is 8.74. The summed E-state index contributed by atoms with van der Waals surface area (Å²) in [6.07, 6.45) is 2.69. The van der Waals surface area contributed by atoms with E-state index in [0.29, 0.717) is 18.3 Å². The van der Waals surface area contributed by atoms with Crippen molar-refractivity contribution in [2.75, 3.05) is 6.61 Å². The number of hydrogen-bond acceptors (Lipinski definition) is 2. The summed E-state index contributed by atoms with van der Waals surface area (Å²) in [5.41, 5.74) is 2.56. The van der Waals surface area contributed by atoms with Crippen LogP contribution in [0.4, 0.5) is 0 Å². The van der Waals surface area contributed by atoms with Gasteiger partial charge in [0.2, 0.25) is 0 Å². The van der Waals surface area contributed by atoms with Gasteiger partial charge in [0.1, 0.15) is 5.75 Å². The van der Waals surface area contributed by atoms with Gasteiger partial charge in [-0.1, -0.05) is 26.0 Å². The first kappa shape index (κ1) is 12.0. The predicted octanol–water partition coefficient (Wildman–Crippen LogP) is 3.98. The topological polar surface area (TPSA) is 33.0 Å². The summed E-state index contributed by atoms with van der Waals surface area (Å²) in [5.74, 6) is 1.84. The van der Waals surface area contributed by atoms with Crippen molar-refractivity contribution >= 4 is 0 Å². The minimum absolute atomic E-state index is 0.344. The Balaban J connectivity index is 2.39. The van der Waals surface area contributed by atoms with Crippen molar-refractivity contribution < 1.29 is 4.74 Å². The first-order chi connectivity index (χ1) is 8.22. The smallest absolute Gasteiger partial charge is 0.122 e. The van der Waals surface area contributed by atoms with Crippen molar-refractivity contribution in [2.24, 2.45) is 0 Å². The van der Waals surface area contributed by atoms with Crippen molar-refractivity contribution in [3.8, 4) is 11.8 Å². The quantitative estimate of drug-likeness (QED) is 0.768. The minimum Gasteiger partial charge on any atom is -0.493 e. The van der Waals surface area contributed by atoms with E-state index in [0.717, 1.165) is 25.2 Å². The summed E-state index contributed by atoms with van der Waals surface area (Å²) in [7, 11) is 0. The molecule has 0 fully saturated rings. The van der Waals surface area contributed by atoms with Gasteiger partial charge in [-0.25, -0.2) is 0 Å². The molecule has 0 saturated carbocycles. The highest BCUT2D eigenvalue weighted by molar-refractivity contribution is 5.41. The van der Waals surface area contributed by atoms with Gasteiger partial charge >= 0.3 is 0 Å². The SMILES string of the molecule is CC(C)c1ccc2c(c1)C(CC#N)CCCO2. The molecule has 2 heteroatoms. The van der Waals surface area contributed by atoms with Crippen LogP contribution in [0.1, 0.15) is 56.1 Å². The van der Waals surface area contributed by atoms with Crippen molar-refractivity contribution in [3.63, 3.8) is 0 Å². The van der Waals surface area contributed by atoms with Gasteiger partial charge in [-0.2, -0.15) is 5.26 Å². The third-order valence-corrected chi connectivity index (χ3v) is 3.43. The molecule has 1 heterocycles. The lowest BCUT2D eigenvalue weighted by Gasteiger charge is -2.16. The van der Waals surface area contributed by atoms with Crippen molar-refractivity contribution in [3.05, 3.63) is 29.3 Å². The van der Waals surface area contributed by atoms with E-state index in [1.54, 1.807) is 0 Å². The Labute approximate surface area is 103 Å². The van der Waals surface area contributed by atoms with E-state index >= 15 is 0 Å². The van der Waals surface area contributed by atoms with Gasteiger partial charge in [0, 0.05) is 12.3 Å². The molecule has 0 N–H and O–H groups in total. The molecule has 90 valence electrons. The van der Waals surface area contributed by atoms with E-state index in [1.807, 2.05) is 0 Å². The van der Waals surface area contributed by atoms with E-state index in [-0.39, 0.29) is 0 Å². The number of benzene rings is 1. The Morgan fingerprint density at radius 3 is 3.00 bits per heavy atom. The first-order valence-electron chi connectivity index (χ1n) is 6.36. The largest absolute Gasteiger partial charge is 0.493 e. The highest BCUT2D eigenvalue weighted by Gasteiger charge is 2.20. The zero-order valence-electron chi connectivity index (χ0n) is 10.6. The van der Waals surface area contributed by atoms with Crippen molar-refractivity contribution in [1.29, 1.82) is 5.26 Å². The fourth-order valence-electron chi connectivity index (χ4n) is 2.37. The molecule has 17 heavy (non-hydrogen) atoms. The molecule has 1 aromatic carbocycles. The third kappa shape index (κ3) is 2.61. The van der Waals surface area contributed by atoms with E-state index in [9.17, 15) is 0 Å². The Morgan fingerprint density at radius 1 is 1.47 bits per heavy atom. The van der Waals surface area contributed by atoms with Gasteiger partial charge < -0.3 is 4.74 Å². The highest BCUT2D eigenvalue weighted by Crippen LogP contribution is 2.36. The molecule has 0 aromatic heterocycles. The summed E-state index contributed by atoms with van der Waals surface area (Å²) in [5, 5.41) is 8.92. The fraction of sp³-hybridized carbons (Fsp3) is 0.533. The van der Waals surface area contributed by atoms with Gasteiger partial charge in [-0.3, -0.25) is 0 Å². The molecular weight excluding hydrogens is 210 g/mol. The second-order valence-corrected chi connectivity index (χ2v) is 5.00. The number of nitriles is 1. The molecule has 2 rings (SSSR count). The maximum Gasteiger partial charge on any atom is 0.122 e. The molecule has 1 unspecified atom stereocenters. The molecule has 0 radical (unpaired) electrons.